The second kappa shape index (κ2) is 7.55. The summed E-state index contributed by atoms with van der Waals surface area (Å²) >= 11 is 8.32. The molecule has 1 N–H and O–H groups in total. The molecule has 0 fully saturated rings. The Morgan fingerprint density at radius 1 is 0.923 bits per heavy atom. The van der Waals surface area contributed by atoms with Crippen molar-refractivity contribution >= 4 is 56.5 Å². The number of nitrogens with zero attached hydrogens (tertiary/aromatic N) is 3. The zero-order valence-electron chi connectivity index (χ0n) is 13.7. The number of benzene rings is 2. The van der Waals surface area contributed by atoms with Crippen LogP contribution in [0.4, 0.5) is 11.5 Å². The Bertz CT molecular complexity index is 1050. The summed E-state index contributed by atoms with van der Waals surface area (Å²) in [5, 5.41) is 15.2. The molecule has 2 aromatic carbocycles. The van der Waals surface area contributed by atoms with Gasteiger partial charge in [-0.1, -0.05) is 23.7 Å². The monoisotopic (exact) mass is 472 g/mol. The third kappa shape index (κ3) is 3.64. The fourth-order valence-electron chi connectivity index (χ4n) is 2.81. The Labute approximate surface area is 169 Å². The molecule has 0 radical (unpaired) electrons. The quantitative estimate of drug-likeness (QED) is 0.392. The van der Waals surface area contributed by atoms with Crippen molar-refractivity contribution < 1.29 is 0 Å². The van der Waals surface area contributed by atoms with Crippen LogP contribution in [0, 0.1) is 3.57 Å². The van der Waals surface area contributed by atoms with Gasteiger partial charge in [-0.25, -0.2) is 0 Å². The maximum atomic E-state index is 5.97. The van der Waals surface area contributed by atoms with Crippen LogP contribution in [0.1, 0.15) is 11.3 Å². The summed E-state index contributed by atoms with van der Waals surface area (Å²) in [6.07, 6.45) is 4.31. The SMILES string of the molecule is Clc1ccc(Nc2nnc(Cc3ccncc3)c3c(I)cccc23)cc1. The minimum Gasteiger partial charge on any atom is -0.338 e. The Kier molecular flexibility index (Phi) is 4.99. The molecule has 4 rings (SSSR count). The lowest BCUT2D eigenvalue weighted by atomic mass is 10.0. The van der Waals surface area contributed by atoms with Crippen LogP contribution in [0.2, 0.25) is 5.02 Å². The molecular formula is C20H14ClIN4. The maximum Gasteiger partial charge on any atom is 0.161 e. The van der Waals surface area contributed by atoms with Crippen LogP contribution in [0.3, 0.4) is 0 Å². The van der Waals surface area contributed by atoms with E-state index >= 15 is 0 Å². The molecule has 0 bridgehead atoms. The molecule has 4 nitrogen and oxygen atoms in total. The molecule has 0 spiro atoms. The number of nitrogens with one attached hydrogen (secondary N) is 1. The van der Waals surface area contributed by atoms with Crippen molar-refractivity contribution in [2.75, 3.05) is 5.32 Å². The lowest BCUT2D eigenvalue weighted by molar-refractivity contribution is 0.959. The summed E-state index contributed by atoms with van der Waals surface area (Å²) in [4.78, 5) is 4.08. The van der Waals surface area contributed by atoms with E-state index in [1.807, 2.05) is 42.5 Å². The zero-order valence-corrected chi connectivity index (χ0v) is 16.6. The Morgan fingerprint density at radius 3 is 2.46 bits per heavy atom. The van der Waals surface area contributed by atoms with Gasteiger partial charge in [-0.15, -0.1) is 5.10 Å². The Hall–Kier alpha value is -2.25. The van der Waals surface area contributed by atoms with Crippen molar-refractivity contribution in [1.82, 2.24) is 15.2 Å². The van der Waals surface area contributed by atoms with E-state index < -0.39 is 0 Å². The molecule has 2 heterocycles. The second-order valence-electron chi connectivity index (χ2n) is 5.82. The van der Waals surface area contributed by atoms with E-state index in [9.17, 15) is 0 Å². The van der Waals surface area contributed by atoms with Gasteiger partial charge in [-0.05, 0) is 70.6 Å². The molecule has 0 amide bonds. The van der Waals surface area contributed by atoms with Gasteiger partial charge in [0.05, 0.1) is 5.69 Å². The first-order valence-electron chi connectivity index (χ1n) is 8.06. The van der Waals surface area contributed by atoms with Crippen molar-refractivity contribution in [3.63, 3.8) is 0 Å². The average molecular weight is 473 g/mol. The van der Waals surface area contributed by atoms with Crippen LogP contribution < -0.4 is 5.32 Å². The first kappa shape index (κ1) is 17.2. The van der Waals surface area contributed by atoms with Gasteiger partial charge in [0.2, 0.25) is 0 Å². The van der Waals surface area contributed by atoms with Gasteiger partial charge in [0, 0.05) is 43.9 Å². The number of pyridine rings is 1. The number of halogens is 2. The molecule has 0 atom stereocenters. The summed E-state index contributed by atoms with van der Waals surface area (Å²) < 4.78 is 1.15. The van der Waals surface area contributed by atoms with Gasteiger partial charge in [0.25, 0.3) is 0 Å². The average Bonchev–Trinajstić information content (AvgIpc) is 2.66. The summed E-state index contributed by atoms with van der Waals surface area (Å²) in [5.41, 5.74) is 3.04. The maximum absolute atomic E-state index is 5.97. The van der Waals surface area contributed by atoms with E-state index in [1.54, 1.807) is 12.4 Å². The molecule has 6 heteroatoms. The summed E-state index contributed by atoms with van der Waals surface area (Å²) in [6.45, 7) is 0. The number of rotatable bonds is 4. The van der Waals surface area contributed by atoms with Gasteiger partial charge in [-0.2, -0.15) is 5.10 Å². The molecule has 4 aromatic rings. The van der Waals surface area contributed by atoms with Crippen LogP contribution in [-0.2, 0) is 6.42 Å². The van der Waals surface area contributed by atoms with Gasteiger partial charge < -0.3 is 5.32 Å². The summed E-state index contributed by atoms with van der Waals surface area (Å²) in [6, 6.07) is 17.8. The van der Waals surface area contributed by atoms with Crippen molar-refractivity contribution in [3.05, 3.63) is 86.8 Å². The largest absolute Gasteiger partial charge is 0.338 e. The number of hydrogen-bond donors (Lipinski definition) is 1. The molecule has 0 aliphatic heterocycles. The van der Waals surface area contributed by atoms with E-state index in [1.165, 1.54) is 0 Å². The molecule has 26 heavy (non-hydrogen) atoms. The van der Waals surface area contributed by atoms with Crippen LogP contribution >= 0.6 is 34.2 Å². The molecule has 0 aliphatic carbocycles. The minimum absolute atomic E-state index is 0.703. The number of hydrogen-bond acceptors (Lipinski definition) is 4. The van der Waals surface area contributed by atoms with Gasteiger partial charge in [0.15, 0.2) is 5.82 Å². The van der Waals surface area contributed by atoms with Crippen LogP contribution in [-0.4, -0.2) is 15.2 Å². The fraction of sp³-hybridized carbons (Fsp3) is 0.0500. The lowest BCUT2D eigenvalue weighted by Gasteiger charge is -2.12. The predicted molar refractivity (Wildman–Crippen MR) is 114 cm³/mol. The molecular weight excluding hydrogens is 459 g/mol. The lowest BCUT2D eigenvalue weighted by Crippen LogP contribution is -2.03. The summed E-state index contributed by atoms with van der Waals surface area (Å²) in [5.74, 6) is 0.735. The topological polar surface area (TPSA) is 50.7 Å². The molecule has 0 saturated heterocycles. The normalized spacial score (nSPS) is 10.8. The number of fused-ring (bicyclic) bond motifs is 1. The van der Waals surface area contributed by atoms with E-state index in [-0.39, 0.29) is 0 Å². The van der Waals surface area contributed by atoms with Crippen molar-refractivity contribution in [2.24, 2.45) is 0 Å². The zero-order chi connectivity index (χ0) is 17.9. The third-order valence-electron chi connectivity index (χ3n) is 4.06. The molecule has 128 valence electrons. The third-order valence-corrected chi connectivity index (χ3v) is 5.21. The standard InChI is InChI=1S/C20H14ClIN4/c21-14-4-6-15(7-5-14)24-20-16-2-1-3-17(22)19(16)18(25-26-20)12-13-8-10-23-11-9-13/h1-11H,12H2,(H,24,26). The highest BCUT2D eigenvalue weighted by molar-refractivity contribution is 14.1. The van der Waals surface area contributed by atoms with Crippen molar-refractivity contribution in [2.45, 2.75) is 6.42 Å². The van der Waals surface area contributed by atoms with Crippen LogP contribution in [0.25, 0.3) is 10.8 Å². The molecule has 2 aromatic heterocycles. The first-order chi connectivity index (χ1) is 12.7. The van der Waals surface area contributed by atoms with Crippen LogP contribution in [0.15, 0.2) is 67.0 Å². The predicted octanol–water partition coefficient (Wildman–Crippen LogP) is 5.62. The molecule has 0 aliphatic rings. The van der Waals surface area contributed by atoms with Crippen molar-refractivity contribution in [1.29, 1.82) is 0 Å². The second-order valence-corrected chi connectivity index (χ2v) is 7.42. The molecule has 0 unspecified atom stereocenters. The van der Waals surface area contributed by atoms with E-state index in [2.05, 4.69) is 55.2 Å². The van der Waals surface area contributed by atoms with Crippen LogP contribution in [0.5, 0.6) is 0 Å². The molecule has 0 saturated carbocycles. The number of aromatic nitrogens is 3. The Morgan fingerprint density at radius 2 is 1.69 bits per heavy atom. The highest BCUT2D eigenvalue weighted by Gasteiger charge is 2.13. The van der Waals surface area contributed by atoms with E-state index in [0.717, 1.165) is 37.1 Å². The highest BCUT2D eigenvalue weighted by atomic mass is 127. The van der Waals surface area contributed by atoms with Gasteiger partial charge in [-0.3, -0.25) is 4.98 Å². The first-order valence-corrected chi connectivity index (χ1v) is 9.51. The van der Waals surface area contributed by atoms with Gasteiger partial charge >= 0.3 is 0 Å². The highest BCUT2D eigenvalue weighted by Crippen LogP contribution is 2.30. The fourth-order valence-corrected chi connectivity index (χ4v) is 3.74. The minimum atomic E-state index is 0.703. The number of anilines is 2. The Balaban J connectivity index is 1.78. The van der Waals surface area contributed by atoms with Crippen molar-refractivity contribution in [3.8, 4) is 0 Å². The van der Waals surface area contributed by atoms with E-state index in [4.69, 9.17) is 11.6 Å². The van der Waals surface area contributed by atoms with Gasteiger partial charge in [0.1, 0.15) is 0 Å². The summed E-state index contributed by atoms with van der Waals surface area (Å²) in [7, 11) is 0. The van der Waals surface area contributed by atoms with E-state index in [0.29, 0.717) is 11.4 Å². The smallest absolute Gasteiger partial charge is 0.161 e.